The summed E-state index contributed by atoms with van der Waals surface area (Å²) in [4.78, 5) is 43.4. The van der Waals surface area contributed by atoms with E-state index in [4.69, 9.17) is 4.42 Å². The summed E-state index contributed by atoms with van der Waals surface area (Å²) in [7, 11) is 0. The first-order chi connectivity index (χ1) is 14.5. The van der Waals surface area contributed by atoms with Gasteiger partial charge in [0.25, 0.3) is 11.8 Å². The minimum atomic E-state index is -0.259. The van der Waals surface area contributed by atoms with Gasteiger partial charge in [0.05, 0.1) is 17.5 Å². The number of rotatable bonds is 3. The van der Waals surface area contributed by atoms with Gasteiger partial charge in [-0.05, 0) is 43.5 Å². The number of piperazine rings is 1. The minimum absolute atomic E-state index is 0.0413. The molecule has 3 heterocycles. The van der Waals surface area contributed by atoms with Crippen LogP contribution >= 0.6 is 0 Å². The summed E-state index contributed by atoms with van der Waals surface area (Å²) < 4.78 is 5.17. The highest BCUT2D eigenvalue weighted by molar-refractivity contribution is 6.04. The van der Waals surface area contributed by atoms with Gasteiger partial charge in [-0.3, -0.25) is 9.59 Å². The highest BCUT2D eigenvalue weighted by atomic mass is 16.3. The first kappa shape index (κ1) is 20.0. The fourth-order valence-electron chi connectivity index (χ4n) is 3.96. The van der Waals surface area contributed by atoms with Gasteiger partial charge in [-0.2, -0.15) is 0 Å². The number of carbonyl (C=O) groups excluding carboxylic acids is 3. The monoisotopic (exact) mass is 410 g/mol. The van der Waals surface area contributed by atoms with E-state index in [9.17, 15) is 14.4 Å². The van der Waals surface area contributed by atoms with Gasteiger partial charge in [-0.1, -0.05) is 12.1 Å². The molecule has 0 unspecified atom stereocenters. The zero-order valence-electron chi connectivity index (χ0n) is 17.1. The molecule has 0 bridgehead atoms. The summed E-state index contributed by atoms with van der Waals surface area (Å²) in [5.74, 6) is 0.0932. The Labute approximate surface area is 175 Å². The number of furan rings is 1. The molecular weight excluding hydrogens is 384 g/mol. The molecule has 2 aliphatic rings. The van der Waals surface area contributed by atoms with Crippen LogP contribution in [0.25, 0.3) is 0 Å². The maximum absolute atomic E-state index is 12.9. The van der Waals surface area contributed by atoms with Gasteiger partial charge in [0.1, 0.15) is 0 Å². The Kier molecular flexibility index (Phi) is 5.74. The molecule has 0 aliphatic carbocycles. The summed E-state index contributed by atoms with van der Waals surface area (Å²) in [6.45, 7) is 5.09. The number of carbonyl (C=O) groups is 3. The van der Waals surface area contributed by atoms with Crippen LogP contribution in [0.4, 0.5) is 10.5 Å². The molecule has 2 fully saturated rings. The van der Waals surface area contributed by atoms with E-state index in [1.165, 1.54) is 6.26 Å². The zero-order valence-corrected chi connectivity index (χ0v) is 17.1. The number of para-hydroxylation sites is 1. The third kappa shape index (κ3) is 4.03. The number of hydrogen-bond acceptors (Lipinski definition) is 4. The lowest BCUT2D eigenvalue weighted by Crippen LogP contribution is -2.51. The normalized spacial score (nSPS) is 16.6. The molecule has 1 aromatic carbocycles. The van der Waals surface area contributed by atoms with Gasteiger partial charge in [0, 0.05) is 39.3 Å². The highest BCUT2D eigenvalue weighted by Gasteiger charge is 2.28. The SMILES string of the molecule is Cc1cccc(C(=O)N2CCCC2)c1NC(=O)N1CCN(C(=O)c2ccco2)CC1. The van der Waals surface area contributed by atoms with E-state index in [0.717, 1.165) is 31.5 Å². The fraction of sp³-hybridized carbons (Fsp3) is 0.409. The molecule has 158 valence electrons. The van der Waals surface area contributed by atoms with Crippen LogP contribution in [0.15, 0.2) is 41.0 Å². The smallest absolute Gasteiger partial charge is 0.321 e. The van der Waals surface area contributed by atoms with E-state index < -0.39 is 0 Å². The van der Waals surface area contributed by atoms with Gasteiger partial charge < -0.3 is 24.4 Å². The first-order valence-corrected chi connectivity index (χ1v) is 10.3. The van der Waals surface area contributed by atoms with E-state index in [1.54, 1.807) is 28.0 Å². The fourth-order valence-corrected chi connectivity index (χ4v) is 3.96. The number of benzene rings is 1. The van der Waals surface area contributed by atoms with Crippen molar-refractivity contribution < 1.29 is 18.8 Å². The van der Waals surface area contributed by atoms with Gasteiger partial charge >= 0.3 is 6.03 Å². The van der Waals surface area contributed by atoms with Crippen LogP contribution in [0.2, 0.25) is 0 Å². The number of amides is 4. The van der Waals surface area contributed by atoms with E-state index in [2.05, 4.69) is 5.32 Å². The molecule has 0 radical (unpaired) electrons. The largest absolute Gasteiger partial charge is 0.459 e. The molecule has 1 aromatic heterocycles. The molecule has 30 heavy (non-hydrogen) atoms. The van der Waals surface area contributed by atoms with Crippen LogP contribution in [0.1, 0.15) is 39.3 Å². The lowest BCUT2D eigenvalue weighted by molar-refractivity contribution is 0.0640. The number of nitrogens with zero attached hydrogens (tertiary/aromatic N) is 3. The number of hydrogen-bond donors (Lipinski definition) is 1. The third-order valence-electron chi connectivity index (χ3n) is 5.71. The van der Waals surface area contributed by atoms with E-state index >= 15 is 0 Å². The predicted octanol–water partition coefficient (Wildman–Crippen LogP) is 2.81. The molecular formula is C22H26N4O4. The molecule has 8 nitrogen and oxygen atoms in total. The van der Waals surface area contributed by atoms with Gasteiger partial charge in [-0.15, -0.1) is 0 Å². The minimum Gasteiger partial charge on any atom is -0.459 e. The molecule has 2 aliphatic heterocycles. The average molecular weight is 410 g/mol. The van der Waals surface area contributed by atoms with Gasteiger partial charge in [-0.25, -0.2) is 4.79 Å². The molecule has 0 spiro atoms. The van der Waals surface area contributed by atoms with Gasteiger partial charge in [0.2, 0.25) is 0 Å². The second-order valence-electron chi connectivity index (χ2n) is 7.68. The molecule has 0 atom stereocenters. The number of anilines is 1. The first-order valence-electron chi connectivity index (χ1n) is 10.3. The predicted molar refractivity (Wildman–Crippen MR) is 112 cm³/mol. The van der Waals surface area contributed by atoms with Crippen molar-refractivity contribution in [2.45, 2.75) is 19.8 Å². The van der Waals surface area contributed by atoms with Crippen molar-refractivity contribution in [1.82, 2.24) is 14.7 Å². The van der Waals surface area contributed by atoms with Crippen molar-refractivity contribution in [3.63, 3.8) is 0 Å². The Balaban J connectivity index is 1.41. The van der Waals surface area contributed by atoms with Crippen LogP contribution in [0.5, 0.6) is 0 Å². The molecule has 8 heteroatoms. The molecule has 1 N–H and O–H groups in total. The van der Waals surface area contributed by atoms with Crippen molar-refractivity contribution >= 4 is 23.5 Å². The standard InChI is InChI=1S/C22H26N4O4/c1-16-6-4-7-17(20(27)24-9-2-3-10-24)19(16)23-22(29)26-13-11-25(12-14-26)21(28)18-8-5-15-30-18/h4-8,15H,2-3,9-14H2,1H3,(H,23,29). The summed E-state index contributed by atoms with van der Waals surface area (Å²) >= 11 is 0. The number of nitrogens with one attached hydrogen (secondary N) is 1. The summed E-state index contributed by atoms with van der Waals surface area (Å²) in [5, 5.41) is 2.94. The van der Waals surface area contributed by atoms with E-state index in [0.29, 0.717) is 43.2 Å². The second kappa shape index (κ2) is 8.61. The van der Waals surface area contributed by atoms with Crippen LogP contribution in [-0.2, 0) is 0 Å². The maximum Gasteiger partial charge on any atom is 0.321 e. The van der Waals surface area contributed by atoms with E-state index in [-0.39, 0.29) is 17.8 Å². The van der Waals surface area contributed by atoms with Crippen LogP contribution in [0, 0.1) is 6.92 Å². The number of aryl methyl sites for hydroxylation is 1. The molecule has 2 saturated heterocycles. The summed E-state index contributed by atoms with van der Waals surface area (Å²) in [6.07, 6.45) is 3.50. The average Bonchev–Trinajstić information content (AvgIpc) is 3.48. The quantitative estimate of drug-likeness (QED) is 0.843. The zero-order chi connectivity index (χ0) is 21.1. The highest BCUT2D eigenvalue weighted by Crippen LogP contribution is 2.24. The summed E-state index contributed by atoms with van der Waals surface area (Å²) in [5.41, 5.74) is 1.94. The molecule has 2 aromatic rings. The Hall–Kier alpha value is -3.29. The van der Waals surface area contributed by atoms with Crippen LogP contribution in [-0.4, -0.2) is 71.8 Å². The van der Waals surface area contributed by atoms with E-state index in [1.807, 2.05) is 24.0 Å². The lowest BCUT2D eigenvalue weighted by atomic mass is 10.1. The molecule has 0 saturated carbocycles. The number of likely N-dealkylation sites (tertiary alicyclic amines) is 1. The van der Waals surface area contributed by atoms with Crippen molar-refractivity contribution in [1.29, 1.82) is 0 Å². The van der Waals surface area contributed by atoms with Crippen molar-refractivity contribution in [3.05, 3.63) is 53.5 Å². The topological polar surface area (TPSA) is 86.1 Å². The second-order valence-corrected chi connectivity index (χ2v) is 7.68. The Morgan fingerprint density at radius 2 is 1.50 bits per heavy atom. The maximum atomic E-state index is 12.9. The van der Waals surface area contributed by atoms with Crippen molar-refractivity contribution in [2.75, 3.05) is 44.6 Å². The van der Waals surface area contributed by atoms with Gasteiger partial charge in [0.15, 0.2) is 5.76 Å². The Morgan fingerprint density at radius 3 is 2.17 bits per heavy atom. The molecule has 4 amide bonds. The van der Waals surface area contributed by atoms with Crippen molar-refractivity contribution in [2.24, 2.45) is 0 Å². The van der Waals surface area contributed by atoms with Crippen LogP contribution in [0.3, 0.4) is 0 Å². The lowest BCUT2D eigenvalue weighted by Gasteiger charge is -2.34. The molecule has 4 rings (SSSR count). The Morgan fingerprint density at radius 1 is 0.833 bits per heavy atom. The van der Waals surface area contributed by atoms with Crippen LogP contribution < -0.4 is 5.32 Å². The van der Waals surface area contributed by atoms with Crippen molar-refractivity contribution in [3.8, 4) is 0 Å². The third-order valence-corrected chi connectivity index (χ3v) is 5.71. The summed E-state index contributed by atoms with van der Waals surface area (Å²) in [6, 6.07) is 8.55. The Bertz CT molecular complexity index is 927. The number of urea groups is 1.